The molecule has 0 aliphatic carbocycles. The van der Waals surface area contributed by atoms with E-state index in [1.165, 1.54) is 6.08 Å². The van der Waals surface area contributed by atoms with Crippen molar-refractivity contribution >= 4 is 35.0 Å². The molecule has 1 aliphatic rings. The fourth-order valence-corrected chi connectivity index (χ4v) is 3.34. The molecular formula is C18H13Cl2F4N. The summed E-state index contributed by atoms with van der Waals surface area (Å²) in [6.45, 7) is 0.805. The first-order chi connectivity index (χ1) is 11.8. The van der Waals surface area contributed by atoms with Crippen LogP contribution in [0.2, 0.25) is 10.0 Å². The van der Waals surface area contributed by atoms with Crippen LogP contribution in [0.4, 0.5) is 23.2 Å². The Morgan fingerprint density at radius 2 is 1.88 bits per heavy atom. The molecule has 3 rings (SSSR count). The molecule has 1 N–H and O–H groups in total. The minimum Gasteiger partial charge on any atom is -0.384 e. The van der Waals surface area contributed by atoms with Crippen molar-refractivity contribution in [2.24, 2.45) is 0 Å². The average Bonchev–Trinajstić information content (AvgIpc) is 2.98. The smallest absolute Gasteiger partial charge is 0.384 e. The van der Waals surface area contributed by atoms with Crippen LogP contribution in [0, 0.1) is 5.82 Å². The Kier molecular flexibility index (Phi) is 4.98. The second kappa shape index (κ2) is 6.89. The molecular weight excluding hydrogens is 377 g/mol. The molecule has 25 heavy (non-hydrogen) atoms. The van der Waals surface area contributed by atoms with Gasteiger partial charge in [-0.15, -0.1) is 0 Å². The molecule has 0 saturated heterocycles. The van der Waals surface area contributed by atoms with E-state index in [9.17, 15) is 17.6 Å². The molecule has 1 heterocycles. The van der Waals surface area contributed by atoms with E-state index in [1.807, 2.05) is 12.1 Å². The van der Waals surface area contributed by atoms with Gasteiger partial charge in [-0.25, -0.2) is 4.39 Å². The molecule has 0 fully saturated rings. The molecule has 132 valence electrons. The van der Waals surface area contributed by atoms with Gasteiger partial charge in [0.2, 0.25) is 0 Å². The Morgan fingerprint density at radius 3 is 2.60 bits per heavy atom. The minimum absolute atomic E-state index is 0.0485. The molecule has 0 radical (unpaired) electrons. The van der Waals surface area contributed by atoms with Gasteiger partial charge in [-0.3, -0.25) is 0 Å². The number of hydrogen-bond acceptors (Lipinski definition) is 1. The summed E-state index contributed by atoms with van der Waals surface area (Å²) in [5.41, 5.74) is 2.05. The lowest BCUT2D eigenvalue weighted by Gasteiger charge is -2.19. The third kappa shape index (κ3) is 3.93. The number of alkyl halides is 3. The summed E-state index contributed by atoms with van der Waals surface area (Å²) in [4.78, 5) is 0. The zero-order valence-corrected chi connectivity index (χ0v) is 14.3. The highest BCUT2D eigenvalue weighted by Crippen LogP contribution is 2.40. The van der Waals surface area contributed by atoms with Crippen molar-refractivity contribution in [1.29, 1.82) is 0 Å². The van der Waals surface area contributed by atoms with E-state index in [1.54, 1.807) is 6.07 Å². The zero-order chi connectivity index (χ0) is 18.2. The van der Waals surface area contributed by atoms with Crippen LogP contribution in [0.3, 0.4) is 0 Å². The van der Waals surface area contributed by atoms with Gasteiger partial charge >= 0.3 is 6.18 Å². The van der Waals surface area contributed by atoms with Gasteiger partial charge in [-0.1, -0.05) is 41.4 Å². The van der Waals surface area contributed by atoms with Gasteiger partial charge in [0.1, 0.15) is 11.7 Å². The fourth-order valence-electron chi connectivity index (χ4n) is 2.83. The summed E-state index contributed by atoms with van der Waals surface area (Å²) in [5.74, 6) is -3.26. The lowest BCUT2D eigenvalue weighted by Crippen LogP contribution is -2.20. The van der Waals surface area contributed by atoms with Crippen LogP contribution >= 0.6 is 23.2 Å². The van der Waals surface area contributed by atoms with Gasteiger partial charge in [0.05, 0.1) is 5.02 Å². The van der Waals surface area contributed by atoms with E-state index >= 15 is 0 Å². The molecule has 2 aromatic carbocycles. The van der Waals surface area contributed by atoms with E-state index < -0.39 is 28.5 Å². The summed E-state index contributed by atoms with van der Waals surface area (Å²) in [6.07, 6.45) is -1.60. The average molecular weight is 390 g/mol. The summed E-state index contributed by atoms with van der Waals surface area (Å²) >= 11 is 11.4. The first-order valence-electron chi connectivity index (χ1n) is 7.52. The Hall–Kier alpha value is -1.72. The van der Waals surface area contributed by atoms with Crippen molar-refractivity contribution in [3.05, 3.63) is 69.0 Å². The topological polar surface area (TPSA) is 12.0 Å². The first kappa shape index (κ1) is 18.1. The van der Waals surface area contributed by atoms with Gasteiger partial charge in [0.15, 0.2) is 0 Å². The summed E-state index contributed by atoms with van der Waals surface area (Å²) < 4.78 is 54.5. The monoisotopic (exact) mass is 389 g/mol. The van der Waals surface area contributed by atoms with Crippen LogP contribution in [-0.2, 0) is 6.42 Å². The van der Waals surface area contributed by atoms with Crippen molar-refractivity contribution in [2.75, 3.05) is 11.9 Å². The number of allylic oxidation sites excluding steroid dienone is 1. The molecule has 0 aromatic heterocycles. The second-order valence-electron chi connectivity index (χ2n) is 5.76. The number of halogens is 6. The molecule has 7 heteroatoms. The number of hydrogen-bond donors (Lipinski definition) is 1. The number of anilines is 1. The van der Waals surface area contributed by atoms with E-state index in [-0.39, 0.29) is 5.02 Å². The SMILES string of the molecule is Fc1c(Cl)cc(Cl)cc1C(/C=C/c1ccc2c(c1)CCN2)C(F)(F)F. The Bertz CT molecular complexity index is 831. The van der Waals surface area contributed by atoms with Crippen LogP contribution in [0.25, 0.3) is 6.08 Å². The molecule has 0 saturated carbocycles. The van der Waals surface area contributed by atoms with Gasteiger partial charge < -0.3 is 5.32 Å². The molecule has 2 aromatic rings. The minimum atomic E-state index is -4.68. The highest BCUT2D eigenvalue weighted by Gasteiger charge is 2.41. The number of nitrogens with one attached hydrogen (secondary N) is 1. The number of fused-ring (bicyclic) bond motifs is 1. The molecule has 0 spiro atoms. The van der Waals surface area contributed by atoms with Crippen LogP contribution < -0.4 is 5.32 Å². The van der Waals surface area contributed by atoms with Gasteiger partial charge in [-0.05, 0) is 41.8 Å². The molecule has 1 unspecified atom stereocenters. The zero-order valence-electron chi connectivity index (χ0n) is 12.8. The lowest BCUT2D eigenvalue weighted by molar-refractivity contribution is -0.139. The molecule has 0 amide bonds. The van der Waals surface area contributed by atoms with E-state index in [4.69, 9.17) is 23.2 Å². The van der Waals surface area contributed by atoms with Crippen LogP contribution in [0.1, 0.15) is 22.6 Å². The van der Waals surface area contributed by atoms with Crippen molar-refractivity contribution < 1.29 is 17.6 Å². The third-order valence-electron chi connectivity index (χ3n) is 4.03. The second-order valence-corrected chi connectivity index (χ2v) is 6.61. The van der Waals surface area contributed by atoms with E-state index in [0.717, 1.165) is 42.4 Å². The fraction of sp³-hybridized carbons (Fsp3) is 0.222. The highest BCUT2D eigenvalue weighted by molar-refractivity contribution is 6.34. The lowest BCUT2D eigenvalue weighted by atomic mass is 9.96. The van der Waals surface area contributed by atoms with Crippen molar-refractivity contribution in [2.45, 2.75) is 18.5 Å². The summed E-state index contributed by atoms with van der Waals surface area (Å²) in [5, 5.41) is 2.69. The van der Waals surface area contributed by atoms with Gasteiger partial charge in [-0.2, -0.15) is 13.2 Å². The van der Waals surface area contributed by atoms with E-state index in [0.29, 0.717) is 5.56 Å². The van der Waals surface area contributed by atoms with Crippen LogP contribution in [-0.4, -0.2) is 12.7 Å². The maximum absolute atomic E-state index is 14.1. The van der Waals surface area contributed by atoms with Gasteiger partial charge in [0, 0.05) is 22.8 Å². The molecule has 1 atom stereocenters. The van der Waals surface area contributed by atoms with Crippen LogP contribution in [0.15, 0.2) is 36.4 Å². The largest absolute Gasteiger partial charge is 0.399 e. The maximum Gasteiger partial charge on any atom is 0.399 e. The van der Waals surface area contributed by atoms with Gasteiger partial charge in [0.25, 0.3) is 0 Å². The Labute approximate surface area is 152 Å². The predicted molar refractivity (Wildman–Crippen MR) is 92.9 cm³/mol. The highest BCUT2D eigenvalue weighted by atomic mass is 35.5. The molecule has 1 aliphatic heterocycles. The maximum atomic E-state index is 14.1. The third-order valence-corrected chi connectivity index (χ3v) is 4.52. The number of rotatable bonds is 3. The predicted octanol–water partition coefficient (Wildman–Crippen LogP) is 6.46. The molecule has 1 nitrogen and oxygen atoms in total. The summed E-state index contributed by atoms with van der Waals surface area (Å²) in [7, 11) is 0. The summed E-state index contributed by atoms with van der Waals surface area (Å²) in [6, 6.07) is 7.38. The van der Waals surface area contributed by atoms with Crippen molar-refractivity contribution in [3.63, 3.8) is 0 Å². The Balaban J connectivity index is 1.98. The quantitative estimate of drug-likeness (QED) is 0.469. The van der Waals surface area contributed by atoms with Crippen LogP contribution in [0.5, 0.6) is 0 Å². The number of benzene rings is 2. The first-order valence-corrected chi connectivity index (χ1v) is 8.27. The van der Waals surface area contributed by atoms with E-state index in [2.05, 4.69) is 5.32 Å². The standard InChI is InChI=1S/C18H13Cl2F4N/c19-12-8-13(17(21)15(20)9-12)14(18(22,23)24)3-1-10-2-4-16-11(7-10)5-6-25-16/h1-4,7-9,14,25H,5-6H2/b3-1+. The van der Waals surface area contributed by atoms with Crippen molar-refractivity contribution in [1.82, 2.24) is 0 Å². The Morgan fingerprint density at radius 1 is 1.12 bits per heavy atom. The van der Waals surface area contributed by atoms with Crippen molar-refractivity contribution in [3.8, 4) is 0 Å². The normalized spacial score (nSPS) is 15.3. The molecule has 0 bridgehead atoms.